The van der Waals surface area contributed by atoms with E-state index < -0.39 is 17.6 Å². The molecule has 5 rings (SSSR count). The van der Waals surface area contributed by atoms with Crippen molar-refractivity contribution in [3.63, 3.8) is 0 Å². The molecular formula is C39H46ClFN14O6S. The van der Waals surface area contributed by atoms with Gasteiger partial charge < -0.3 is 34.6 Å². The Labute approximate surface area is 365 Å². The van der Waals surface area contributed by atoms with Crippen LogP contribution in [0.3, 0.4) is 0 Å². The molecule has 0 bridgehead atoms. The number of anilines is 2. The number of carbonyl (C=O) groups excluding carboxylic acids is 3. The molecule has 23 heteroatoms. The fraction of sp³-hybridized carbons (Fsp3) is 0.436. The zero-order valence-corrected chi connectivity index (χ0v) is 36.0. The van der Waals surface area contributed by atoms with Crippen LogP contribution in [0.15, 0.2) is 52.8 Å². The van der Waals surface area contributed by atoms with Crippen LogP contribution in [0.5, 0.6) is 0 Å². The van der Waals surface area contributed by atoms with Crippen LogP contribution < -0.4 is 15.5 Å². The Kier molecular flexibility index (Phi) is 18.0. The molecule has 2 N–H and O–H groups in total. The molecule has 4 aromatic rings. The van der Waals surface area contributed by atoms with Crippen molar-refractivity contribution in [2.24, 2.45) is 10.2 Å². The van der Waals surface area contributed by atoms with Gasteiger partial charge in [0.15, 0.2) is 0 Å². The van der Waals surface area contributed by atoms with Crippen molar-refractivity contribution in [1.82, 2.24) is 30.1 Å². The average Bonchev–Trinajstić information content (AvgIpc) is 3.71. The largest absolute Gasteiger partial charge is 0.447 e. The average molecular weight is 893 g/mol. The fourth-order valence-corrected chi connectivity index (χ4v) is 7.42. The summed E-state index contributed by atoms with van der Waals surface area (Å²) in [5.74, 6) is -0.240. The summed E-state index contributed by atoms with van der Waals surface area (Å²) in [6.45, 7) is 9.20. The second-order valence-electron chi connectivity index (χ2n) is 13.7. The van der Waals surface area contributed by atoms with E-state index in [4.69, 9.17) is 36.9 Å². The minimum atomic E-state index is -0.928. The first-order valence-electron chi connectivity index (χ1n) is 19.6. The van der Waals surface area contributed by atoms with E-state index in [-0.39, 0.29) is 62.5 Å². The zero-order chi connectivity index (χ0) is 44.4. The van der Waals surface area contributed by atoms with E-state index in [1.54, 1.807) is 6.07 Å². The maximum absolute atomic E-state index is 15.0. The van der Waals surface area contributed by atoms with Crippen molar-refractivity contribution < 1.29 is 33.0 Å². The maximum Gasteiger partial charge on any atom is 0.407 e. The maximum atomic E-state index is 15.0. The SMILES string of the molecule is CCOCCOCCOC(=O)NCCN(Cc1cc(F)c(N=[N+]=[N-])c(N=[N+]=[N-])c1)C(=O)CN1CCN(c2cc(Cc3ncc(C(=O)Nc4c(C)cccc4Cl)s3)nc(C)n2)CC1. The number of benzene rings is 2. The minimum Gasteiger partial charge on any atom is -0.447 e. The van der Waals surface area contributed by atoms with Gasteiger partial charge in [0.2, 0.25) is 5.91 Å². The Morgan fingerprint density at radius 3 is 2.52 bits per heavy atom. The summed E-state index contributed by atoms with van der Waals surface area (Å²) in [5, 5.41) is 13.4. The van der Waals surface area contributed by atoms with Crippen LogP contribution >= 0.6 is 22.9 Å². The predicted molar refractivity (Wildman–Crippen MR) is 231 cm³/mol. The number of carbonyl (C=O) groups is 3. The number of halogens is 2. The molecule has 0 saturated carbocycles. The van der Waals surface area contributed by atoms with Crippen LogP contribution in [-0.2, 0) is 32.0 Å². The molecule has 2 aromatic carbocycles. The number of hydrogen-bond donors (Lipinski definition) is 2. The lowest BCUT2D eigenvalue weighted by atomic mass is 10.1. The number of amides is 3. The van der Waals surface area contributed by atoms with Gasteiger partial charge in [0.1, 0.15) is 28.9 Å². The molecule has 20 nitrogen and oxygen atoms in total. The van der Waals surface area contributed by atoms with Crippen LogP contribution in [0.4, 0.5) is 32.1 Å². The van der Waals surface area contributed by atoms with Crippen LogP contribution in [-0.4, -0.2) is 122 Å². The summed E-state index contributed by atoms with van der Waals surface area (Å²) in [6.07, 6.45) is 1.22. The molecule has 0 aliphatic carbocycles. The highest BCUT2D eigenvalue weighted by Crippen LogP contribution is 2.33. The van der Waals surface area contributed by atoms with Crippen molar-refractivity contribution in [3.8, 4) is 0 Å². The van der Waals surface area contributed by atoms with Gasteiger partial charge in [-0.3, -0.25) is 14.5 Å². The van der Waals surface area contributed by atoms with Gasteiger partial charge in [0.05, 0.1) is 65.3 Å². The van der Waals surface area contributed by atoms with Gasteiger partial charge in [-0.15, -0.1) is 11.3 Å². The Morgan fingerprint density at radius 1 is 1.02 bits per heavy atom. The van der Waals surface area contributed by atoms with E-state index in [9.17, 15) is 14.4 Å². The molecule has 3 heterocycles. The lowest BCUT2D eigenvalue weighted by molar-refractivity contribution is -0.133. The number of nitrogens with zero attached hydrogens (tertiary/aromatic N) is 12. The molecular weight excluding hydrogens is 847 g/mol. The molecule has 1 aliphatic heterocycles. The first-order chi connectivity index (χ1) is 30.0. The first kappa shape index (κ1) is 46.9. The number of rotatable bonds is 21. The third-order valence-electron chi connectivity index (χ3n) is 9.32. The molecule has 1 aliphatic rings. The van der Waals surface area contributed by atoms with Gasteiger partial charge in [0.25, 0.3) is 5.91 Å². The number of thiazole rings is 1. The molecule has 0 spiro atoms. The fourth-order valence-electron chi connectivity index (χ4n) is 6.32. The normalized spacial score (nSPS) is 12.6. The highest BCUT2D eigenvalue weighted by Gasteiger charge is 2.25. The van der Waals surface area contributed by atoms with Crippen molar-refractivity contribution in [2.75, 3.05) is 89.1 Å². The number of piperazine rings is 1. The quantitative estimate of drug-likeness (QED) is 0.0373. The third kappa shape index (κ3) is 14.0. The number of nitrogens with one attached hydrogen (secondary N) is 2. The summed E-state index contributed by atoms with van der Waals surface area (Å²) >= 11 is 7.57. The highest BCUT2D eigenvalue weighted by atomic mass is 35.5. The lowest BCUT2D eigenvalue weighted by Gasteiger charge is -2.36. The summed E-state index contributed by atoms with van der Waals surface area (Å²) in [4.78, 5) is 64.2. The molecule has 1 fully saturated rings. The Hall–Kier alpha value is -6.12. The standard InChI is InChI=1S/C39H46ClFN14O6S/c1-4-59-14-15-60-16-17-61-39(58)44-8-9-55(23-27-18-30(41)37(50-52-43)31(19-27)49-51-42)35(56)24-53-10-12-54(13-11-53)33-20-28(46-26(3)47-33)21-34-45-22-32(62-34)38(57)48-36-25(2)6-5-7-29(36)40/h5-7,18-20,22H,4,8-17,21,23-24H2,1-3H3,(H,44,58)(H,48,57). The molecule has 328 valence electrons. The van der Waals surface area contributed by atoms with E-state index in [1.807, 2.05) is 43.9 Å². The van der Waals surface area contributed by atoms with Crippen molar-refractivity contribution in [3.05, 3.63) is 107 Å². The van der Waals surface area contributed by atoms with E-state index in [0.29, 0.717) is 78.8 Å². The second-order valence-corrected chi connectivity index (χ2v) is 15.2. The molecule has 2 aromatic heterocycles. The van der Waals surface area contributed by atoms with E-state index in [2.05, 4.69) is 50.5 Å². The summed E-state index contributed by atoms with van der Waals surface area (Å²) in [6, 6.07) is 9.73. The van der Waals surface area contributed by atoms with Crippen LogP contribution in [0.25, 0.3) is 20.9 Å². The Balaban J connectivity index is 1.18. The summed E-state index contributed by atoms with van der Waals surface area (Å²) in [7, 11) is 0. The van der Waals surface area contributed by atoms with Crippen LogP contribution in [0.1, 0.15) is 44.2 Å². The second kappa shape index (κ2) is 23.8. The molecule has 1 saturated heterocycles. The number of ether oxygens (including phenoxy) is 3. The molecule has 0 radical (unpaired) electrons. The number of azide groups is 2. The minimum absolute atomic E-state index is 0.0131. The first-order valence-corrected chi connectivity index (χ1v) is 20.8. The van der Waals surface area contributed by atoms with Gasteiger partial charge in [-0.1, -0.05) is 34.0 Å². The Morgan fingerprint density at radius 2 is 1.77 bits per heavy atom. The van der Waals surface area contributed by atoms with E-state index in [1.165, 1.54) is 28.5 Å². The topological polar surface area (TPSA) is 249 Å². The number of hydrogen-bond acceptors (Lipinski definition) is 14. The summed E-state index contributed by atoms with van der Waals surface area (Å²) in [5.41, 5.74) is 19.6. The van der Waals surface area contributed by atoms with Crippen LogP contribution in [0.2, 0.25) is 5.02 Å². The smallest absolute Gasteiger partial charge is 0.407 e. The lowest BCUT2D eigenvalue weighted by Crippen LogP contribution is -2.51. The van der Waals surface area contributed by atoms with E-state index >= 15 is 4.39 Å². The van der Waals surface area contributed by atoms with Gasteiger partial charge in [-0.25, -0.2) is 24.1 Å². The highest BCUT2D eigenvalue weighted by molar-refractivity contribution is 7.13. The van der Waals surface area contributed by atoms with Gasteiger partial charge >= 0.3 is 6.09 Å². The van der Waals surface area contributed by atoms with E-state index in [0.717, 1.165) is 23.1 Å². The van der Waals surface area contributed by atoms with Gasteiger partial charge in [-0.05, 0) is 61.2 Å². The van der Waals surface area contributed by atoms with Crippen molar-refractivity contribution >= 4 is 63.7 Å². The zero-order valence-electron chi connectivity index (χ0n) is 34.4. The predicted octanol–water partition coefficient (Wildman–Crippen LogP) is 7.00. The third-order valence-corrected chi connectivity index (χ3v) is 10.6. The Bertz CT molecular complexity index is 2280. The molecule has 3 amide bonds. The number of alkyl carbamates (subject to hydrolysis) is 1. The van der Waals surface area contributed by atoms with Crippen LogP contribution in [0, 0.1) is 19.7 Å². The molecule has 62 heavy (non-hydrogen) atoms. The number of para-hydroxylation sites is 1. The van der Waals surface area contributed by atoms with Crippen molar-refractivity contribution in [2.45, 2.75) is 33.7 Å². The van der Waals surface area contributed by atoms with Gasteiger partial charge in [-0.2, -0.15) is 0 Å². The number of aromatic nitrogens is 3. The number of aryl methyl sites for hydroxylation is 2. The molecule has 0 unspecified atom stereocenters. The molecule has 0 atom stereocenters. The van der Waals surface area contributed by atoms with Crippen molar-refractivity contribution in [1.29, 1.82) is 0 Å². The monoisotopic (exact) mass is 892 g/mol. The van der Waals surface area contributed by atoms with Gasteiger partial charge in [0, 0.05) is 74.7 Å². The summed E-state index contributed by atoms with van der Waals surface area (Å²) < 4.78 is 30.7.